The molecular formula is C33H37Cl2N3O5S. The van der Waals surface area contributed by atoms with Crippen molar-refractivity contribution in [2.75, 3.05) is 31.6 Å². The number of carbonyl (C=O) groups excluding carboxylic acids is 2. The number of carboxylic acid groups (broad SMARTS) is 1. The number of carbonyl (C=O) groups is 3. The van der Waals surface area contributed by atoms with Crippen LogP contribution in [0.2, 0.25) is 10.0 Å². The summed E-state index contributed by atoms with van der Waals surface area (Å²) in [6, 6.07) is 11.3. The Morgan fingerprint density at radius 2 is 1.77 bits per heavy atom. The minimum absolute atomic E-state index is 0.0245. The van der Waals surface area contributed by atoms with Gasteiger partial charge in [-0.3, -0.25) is 19.3 Å². The van der Waals surface area contributed by atoms with Gasteiger partial charge in [0.15, 0.2) is 0 Å². The van der Waals surface area contributed by atoms with Crippen molar-refractivity contribution in [3.63, 3.8) is 0 Å². The van der Waals surface area contributed by atoms with Crippen LogP contribution in [0.15, 0.2) is 41.8 Å². The van der Waals surface area contributed by atoms with Crippen LogP contribution in [0.5, 0.6) is 0 Å². The van der Waals surface area contributed by atoms with Gasteiger partial charge in [0.05, 0.1) is 47.4 Å². The summed E-state index contributed by atoms with van der Waals surface area (Å²) in [6.07, 6.45) is 6.04. The van der Waals surface area contributed by atoms with Crippen LogP contribution in [0.25, 0.3) is 10.1 Å². The predicted molar refractivity (Wildman–Crippen MR) is 174 cm³/mol. The Hall–Kier alpha value is -2.69. The normalized spacial score (nSPS) is 24.2. The Morgan fingerprint density at radius 1 is 1.02 bits per heavy atom. The molecule has 2 aliphatic heterocycles. The Kier molecular flexibility index (Phi) is 9.78. The van der Waals surface area contributed by atoms with Gasteiger partial charge in [0.2, 0.25) is 5.91 Å². The molecule has 234 valence electrons. The van der Waals surface area contributed by atoms with Crippen molar-refractivity contribution in [1.82, 2.24) is 9.80 Å². The van der Waals surface area contributed by atoms with Crippen LogP contribution in [0.4, 0.5) is 5.69 Å². The number of nitrogens with one attached hydrogen (secondary N) is 1. The highest BCUT2D eigenvalue weighted by Crippen LogP contribution is 2.34. The minimum atomic E-state index is -0.727. The number of thiophene rings is 1. The van der Waals surface area contributed by atoms with E-state index in [1.54, 1.807) is 12.1 Å². The number of hydrogen-bond acceptors (Lipinski definition) is 6. The summed E-state index contributed by atoms with van der Waals surface area (Å²) in [4.78, 5) is 42.6. The molecule has 3 fully saturated rings. The molecule has 6 rings (SSSR count). The van der Waals surface area contributed by atoms with Gasteiger partial charge in [-0.2, -0.15) is 0 Å². The highest BCUT2D eigenvalue weighted by Gasteiger charge is 2.39. The van der Waals surface area contributed by atoms with E-state index in [1.807, 2.05) is 34.5 Å². The van der Waals surface area contributed by atoms with E-state index in [0.29, 0.717) is 58.9 Å². The fourth-order valence-electron chi connectivity index (χ4n) is 6.88. The van der Waals surface area contributed by atoms with Crippen LogP contribution < -0.4 is 5.32 Å². The van der Waals surface area contributed by atoms with Crippen LogP contribution in [0.3, 0.4) is 0 Å². The van der Waals surface area contributed by atoms with Gasteiger partial charge in [-0.15, -0.1) is 11.3 Å². The standard InChI is InChI=1S/C33H37Cl2N3O5S/c34-27-16-29(36-32(40)26-19-44-30-6-2-1-5-25(26)30)28(35)13-21(27)14-31(39)38-17-22(37-11-3-4-12-37)15-23(38)18-43-24-9-7-20(8-10-24)33(41)42/h1-2,5-6,13,16,19-20,22-24H,3-4,7-12,14-15,17-18H2,(H,36,40)(H,41,42)/t20?,22-,23-,24?/m0/s1. The Balaban J connectivity index is 1.11. The van der Waals surface area contributed by atoms with E-state index in [9.17, 15) is 19.5 Å². The van der Waals surface area contributed by atoms with E-state index < -0.39 is 5.97 Å². The van der Waals surface area contributed by atoms with Gasteiger partial charge in [-0.05, 0) is 81.8 Å². The van der Waals surface area contributed by atoms with E-state index in [1.165, 1.54) is 24.2 Å². The molecule has 0 spiro atoms. The van der Waals surface area contributed by atoms with Crippen LogP contribution in [0, 0.1) is 5.92 Å². The summed E-state index contributed by atoms with van der Waals surface area (Å²) in [5, 5.41) is 15.6. The van der Waals surface area contributed by atoms with E-state index in [2.05, 4.69) is 10.2 Å². The number of benzene rings is 2. The Labute approximate surface area is 271 Å². The zero-order valence-electron chi connectivity index (χ0n) is 24.5. The molecule has 1 aromatic heterocycles. The number of aliphatic carboxylic acids is 1. The summed E-state index contributed by atoms with van der Waals surface area (Å²) < 4.78 is 7.32. The first-order chi connectivity index (χ1) is 21.3. The van der Waals surface area contributed by atoms with Crippen molar-refractivity contribution >= 4 is 68.1 Å². The second-order valence-electron chi connectivity index (χ2n) is 12.2. The number of fused-ring (bicyclic) bond motifs is 1. The summed E-state index contributed by atoms with van der Waals surface area (Å²) in [5.41, 5.74) is 1.58. The average molecular weight is 659 g/mol. The molecule has 11 heteroatoms. The second kappa shape index (κ2) is 13.7. The maximum Gasteiger partial charge on any atom is 0.306 e. The zero-order valence-corrected chi connectivity index (χ0v) is 26.8. The number of likely N-dealkylation sites (tertiary alicyclic amines) is 2. The molecule has 3 aromatic rings. The minimum Gasteiger partial charge on any atom is -0.481 e. The third kappa shape index (κ3) is 6.92. The van der Waals surface area contributed by atoms with Crippen molar-refractivity contribution in [3.8, 4) is 0 Å². The van der Waals surface area contributed by atoms with Crippen LogP contribution in [0.1, 0.15) is 60.9 Å². The number of anilines is 1. The average Bonchev–Trinajstić information content (AvgIpc) is 3.78. The number of nitrogens with zero attached hydrogens (tertiary/aromatic N) is 2. The summed E-state index contributed by atoms with van der Waals surface area (Å²) in [5.74, 6) is -1.32. The molecule has 2 amide bonds. The van der Waals surface area contributed by atoms with Gasteiger partial charge in [0.25, 0.3) is 5.91 Å². The van der Waals surface area contributed by atoms with E-state index in [0.717, 1.165) is 42.4 Å². The van der Waals surface area contributed by atoms with Crippen molar-refractivity contribution in [2.45, 2.75) is 69.6 Å². The van der Waals surface area contributed by atoms with Gasteiger partial charge in [-0.1, -0.05) is 41.4 Å². The quantitative estimate of drug-likeness (QED) is 0.265. The molecule has 0 radical (unpaired) electrons. The molecule has 3 heterocycles. The highest BCUT2D eigenvalue weighted by atomic mass is 35.5. The lowest BCUT2D eigenvalue weighted by molar-refractivity contribution is -0.144. The Bertz CT molecular complexity index is 1530. The van der Waals surface area contributed by atoms with Crippen molar-refractivity contribution in [2.24, 2.45) is 5.92 Å². The van der Waals surface area contributed by atoms with Gasteiger partial charge in [0.1, 0.15) is 0 Å². The lowest BCUT2D eigenvalue weighted by Crippen LogP contribution is -2.41. The van der Waals surface area contributed by atoms with Crippen LogP contribution in [-0.4, -0.2) is 77.1 Å². The van der Waals surface area contributed by atoms with E-state index >= 15 is 0 Å². The molecule has 44 heavy (non-hydrogen) atoms. The molecule has 1 saturated carbocycles. The van der Waals surface area contributed by atoms with Gasteiger partial charge in [-0.25, -0.2) is 0 Å². The number of rotatable bonds is 9. The van der Waals surface area contributed by atoms with Gasteiger partial charge in [0, 0.05) is 33.1 Å². The molecular weight excluding hydrogens is 621 g/mol. The number of amides is 2. The summed E-state index contributed by atoms with van der Waals surface area (Å²) in [7, 11) is 0. The molecule has 2 aromatic carbocycles. The first kappa shape index (κ1) is 31.3. The highest BCUT2D eigenvalue weighted by molar-refractivity contribution is 7.17. The lowest BCUT2D eigenvalue weighted by Gasteiger charge is -2.30. The van der Waals surface area contributed by atoms with Crippen molar-refractivity contribution < 1.29 is 24.2 Å². The molecule has 2 saturated heterocycles. The van der Waals surface area contributed by atoms with Crippen molar-refractivity contribution in [1.29, 1.82) is 0 Å². The maximum absolute atomic E-state index is 13.8. The van der Waals surface area contributed by atoms with Crippen molar-refractivity contribution in [3.05, 3.63) is 63.0 Å². The summed E-state index contributed by atoms with van der Waals surface area (Å²) in [6.45, 7) is 3.19. The third-order valence-corrected chi connectivity index (χ3v) is 11.0. The first-order valence-electron chi connectivity index (χ1n) is 15.4. The predicted octanol–water partition coefficient (Wildman–Crippen LogP) is 6.73. The first-order valence-corrected chi connectivity index (χ1v) is 17.0. The molecule has 0 unspecified atom stereocenters. The monoisotopic (exact) mass is 657 g/mol. The number of halogens is 2. The molecule has 2 atom stereocenters. The maximum atomic E-state index is 13.8. The third-order valence-electron chi connectivity index (χ3n) is 9.37. The van der Waals surface area contributed by atoms with Gasteiger partial charge < -0.3 is 20.1 Å². The van der Waals surface area contributed by atoms with Crippen LogP contribution >= 0.6 is 34.5 Å². The van der Waals surface area contributed by atoms with Gasteiger partial charge >= 0.3 is 5.97 Å². The topological polar surface area (TPSA) is 99.2 Å². The molecule has 8 nitrogen and oxygen atoms in total. The van der Waals surface area contributed by atoms with E-state index in [-0.39, 0.29) is 36.3 Å². The molecule has 1 aliphatic carbocycles. The SMILES string of the molecule is O=C(Nc1cc(Cl)c(CC(=O)N2C[C@@H](N3CCCC3)C[C@H]2COC2CCC(C(=O)O)CC2)cc1Cl)c1csc2ccccc12. The molecule has 2 N–H and O–H groups in total. The number of hydrogen-bond donors (Lipinski definition) is 2. The second-order valence-corrected chi connectivity index (χ2v) is 13.9. The van der Waals surface area contributed by atoms with Crippen LogP contribution in [-0.2, 0) is 20.7 Å². The molecule has 3 aliphatic rings. The Morgan fingerprint density at radius 3 is 2.52 bits per heavy atom. The van der Waals surface area contributed by atoms with E-state index in [4.69, 9.17) is 27.9 Å². The number of ether oxygens (including phenoxy) is 1. The fourth-order valence-corrected chi connectivity index (χ4v) is 8.28. The number of carboxylic acids is 1. The molecule has 0 bridgehead atoms. The fraction of sp³-hybridized carbons (Fsp3) is 0.485. The smallest absolute Gasteiger partial charge is 0.306 e. The largest absolute Gasteiger partial charge is 0.481 e. The lowest BCUT2D eigenvalue weighted by atomic mass is 9.87. The summed E-state index contributed by atoms with van der Waals surface area (Å²) >= 11 is 14.8. The zero-order chi connectivity index (χ0) is 30.8.